The van der Waals surface area contributed by atoms with Gasteiger partial charge in [0.15, 0.2) is 0 Å². The number of carbonyl (C=O) groups is 2. The van der Waals surface area contributed by atoms with Crippen molar-refractivity contribution in [3.63, 3.8) is 0 Å². The standard InChI is InChI=1S/C18H19FN2O2S/c19-14-2-1-3-15-13(14)10-16(24-15)18(23)21-8-6-12(7-9-21)20-17(22)11-4-5-11/h1-3,10-12H,4-9H2,(H,20,22). The van der Waals surface area contributed by atoms with Gasteiger partial charge in [0.25, 0.3) is 5.91 Å². The van der Waals surface area contributed by atoms with Gasteiger partial charge in [-0.05, 0) is 43.9 Å². The molecule has 24 heavy (non-hydrogen) atoms. The summed E-state index contributed by atoms with van der Waals surface area (Å²) < 4.78 is 14.6. The summed E-state index contributed by atoms with van der Waals surface area (Å²) >= 11 is 1.34. The maximum Gasteiger partial charge on any atom is 0.263 e. The molecule has 1 aromatic carbocycles. The van der Waals surface area contributed by atoms with Gasteiger partial charge in [-0.1, -0.05) is 6.07 Å². The molecule has 0 bridgehead atoms. The molecular weight excluding hydrogens is 327 g/mol. The molecule has 2 fully saturated rings. The Labute approximate surface area is 143 Å². The Hall–Kier alpha value is -1.95. The highest BCUT2D eigenvalue weighted by Crippen LogP contribution is 2.30. The van der Waals surface area contributed by atoms with Crippen molar-refractivity contribution in [2.75, 3.05) is 13.1 Å². The van der Waals surface area contributed by atoms with Crippen LogP contribution in [0.2, 0.25) is 0 Å². The van der Waals surface area contributed by atoms with Crippen LogP contribution in [0.4, 0.5) is 4.39 Å². The van der Waals surface area contributed by atoms with Crippen molar-refractivity contribution in [3.05, 3.63) is 35.0 Å². The van der Waals surface area contributed by atoms with Crippen LogP contribution in [0.5, 0.6) is 0 Å². The Morgan fingerprint density at radius 3 is 2.58 bits per heavy atom. The molecule has 126 valence electrons. The molecule has 2 aliphatic rings. The van der Waals surface area contributed by atoms with Crippen molar-refractivity contribution in [1.82, 2.24) is 10.2 Å². The second-order valence-electron chi connectivity index (χ2n) is 6.61. The molecule has 1 aliphatic carbocycles. The van der Waals surface area contributed by atoms with Crippen molar-refractivity contribution in [3.8, 4) is 0 Å². The quantitative estimate of drug-likeness (QED) is 0.928. The largest absolute Gasteiger partial charge is 0.353 e. The minimum Gasteiger partial charge on any atom is -0.353 e. The van der Waals surface area contributed by atoms with E-state index in [0.717, 1.165) is 30.4 Å². The number of rotatable bonds is 3. The van der Waals surface area contributed by atoms with Crippen molar-refractivity contribution < 1.29 is 14.0 Å². The third-order valence-electron chi connectivity index (χ3n) is 4.80. The van der Waals surface area contributed by atoms with E-state index in [1.54, 1.807) is 12.1 Å². The average molecular weight is 346 g/mol. The zero-order chi connectivity index (χ0) is 16.7. The molecule has 0 unspecified atom stereocenters. The Bertz CT molecular complexity index is 791. The molecule has 1 aromatic heterocycles. The number of benzene rings is 1. The number of halogens is 1. The number of piperidine rings is 1. The van der Waals surface area contributed by atoms with Crippen molar-refractivity contribution in [2.45, 2.75) is 31.7 Å². The van der Waals surface area contributed by atoms with Gasteiger partial charge in [0.05, 0.1) is 4.88 Å². The Morgan fingerprint density at radius 1 is 1.17 bits per heavy atom. The Kier molecular flexibility index (Phi) is 4.00. The molecule has 6 heteroatoms. The van der Waals surface area contributed by atoms with Crippen molar-refractivity contribution in [2.24, 2.45) is 5.92 Å². The van der Waals surface area contributed by atoms with Gasteiger partial charge >= 0.3 is 0 Å². The van der Waals surface area contributed by atoms with Gasteiger partial charge in [0.1, 0.15) is 5.82 Å². The number of hydrogen-bond donors (Lipinski definition) is 1. The number of nitrogens with one attached hydrogen (secondary N) is 1. The molecule has 1 aliphatic heterocycles. The molecule has 2 aromatic rings. The maximum absolute atomic E-state index is 13.8. The molecule has 0 atom stereocenters. The van der Waals surface area contributed by atoms with Crippen LogP contribution in [0.3, 0.4) is 0 Å². The predicted molar refractivity (Wildman–Crippen MR) is 91.6 cm³/mol. The fourth-order valence-electron chi connectivity index (χ4n) is 3.18. The minimum atomic E-state index is -0.288. The van der Waals surface area contributed by atoms with Gasteiger partial charge < -0.3 is 10.2 Å². The van der Waals surface area contributed by atoms with Gasteiger partial charge in [-0.2, -0.15) is 0 Å². The van der Waals surface area contributed by atoms with Gasteiger partial charge in [-0.25, -0.2) is 4.39 Å². The number of thiophene rings is 1. The number of likely N-dealkylation sites (tertiary alicyclic amines) is 1. The summed E-state index contributed by atoms with van der Waals surface area (Å²) in [5.74, 6) is 0.0599. The van der Waals surface area contributed by atoms with Crippen LogP contribution < -0.4 is 5.32 Å². The van der Waals surface area contributed by atoms with Crippen molar-refractivity contribution in [1.29, 1.82) is 0 Å². The monoisotopic (exact) mass is 346 g/mol. The number of fused-ring (bicyclic) bond motifs is 1. The fourth-order valence-corrected chi connectivity index (χ4v) is 4.22. The molecule has 2 heterocycles. The minimum absolute atomic E-state index is 0.0393. The van der Waals surface area contributed by atoms with E-state index in [-0.39, 0.29) is 29.6 Å². The van der Waals surface area contributed by atoms with E-state index < -0.39 is 0 Å². The van der Waals surface area contributed by atoms with Crippen LogP contribution in [0.1, 0.15) is 35.4 Å². The first-order chi connectivity index (χ1) is 11.6. The highest BCUT2D eigenvalue weighted by atomic mass is 32.1. The zero-order valence-electron chi connectivity index (χ0n) is 13.3. The maximum atomic E-state index is 13.8. The lowest BCUT2D eigenvalue weighted by atomic mass is 10.0. The smallest absolute Gasteiger partial charge is 0.263 e. The lowest BCUT2D eigenvalue weighted by Crippen LogP contribution is -2.46. The first-order valence-electron chi connectivity index (χ1n) is 8.39. The highest BCUT2D eigenvalue weighted by Gasteiger charge is 2.32. The lowest BCUT2D eigenvalue weighted by Gasteiger charge is -2.32. The molecule has 4 rings (SSSR count). The third kappa shape index (κ3) is 3.02. The molecule has 2 amide bonds. The summed E-state index contributed by atoms with van der Waals surface area (Å²) in [6, 6.07) is 6.73. The summed E-state index contributed by atoms with van der Waals surface area (Å²) in [6.07, 6.45) is 3.57. The molecule has 1 saturated heterocycles. The van der Waals surface area contributed by atoms with Gasteiger partial charge in [0, 0.05) is 35.1 Å². The first-order valence-corrected chi connectivity index (χ1v) is 9.21. The van der Waals surface area contributed by atoms with Crippen LogP contribution in [0.15, 0.2) is 24.3 Å². The van der Waals surface area contributed by atoms with E-state index in [2.05, 4.69) is 5.32 Å². The normalized spacial score (nSPS) is 18.8. The summed E-state index contributed by atoms with van der Waals surface area (Å²) in [5, 5.41) is 3.60. The second kappa shape index (κ2) is 6.16. The van der Waals surface area contributed by atoms with Gasteiger partial charge in [-0.3, -0.25) is 9.59 Å². The number of carbonyl (C=O) groups excluding carboxylic acids is 2. The highest BCUT2D eigenvalue weighted by molar-refractivity contribution is 7.20. The Morgan fingerprint density at radius 2 is 1.92 bits per heavy atom. The van der Waals surface area contributed by atoms with Crippen LogP contribution in [0, 0.1) is 11.7 Å². The van der Waals surface area contributed by atoms with Crippen LogP contribution >= 0.6 is 11.3 Å². The second-order valence-corrected chi connectivity index (χ2v) is 7.70. The summed E-state index contributed by atoms with van der Waals surface area (Å²) in [6.45, 7) is 1.26. The average Bonchev–Trinajstić information content (AvgIpc) is 3.34. The summed E-state index contributed by atoms with van der Waals surface area (Å²) in [7, 11) is 0. The third-order valence-corrected chi connectivity index (χ3v) is 5.88. The predicted octanol–water partition coefficient (Wildman–Crippen LogP) is 3.17. The van der Waals surface area contributed by atoms with Gasteiger partial charge in [-0.15, -0.1) is 11.3 Å². The Balaban J connectivity index is 1.40. The molecule has 1 saturated carbocycles. The van der Waals surface area contributed by atoms with Crippen LogP contribution in [-0.2, 0) is 4.79 Å². The number of amides is 2. The number of hydrogen-bond acceptors (Lipinski definition) is 3. The molecule has 0 spiro atoms. The summed E-state index contributed by atoms with van der Waals surface area (Å²) in [5.41, 5.74) is 0. The molecule has 4 nitrogen and oxygen atoms in total. The molecule has 0 radical (unpaired) electrons. The summed E-state index contributed by atoms with van der Waals surface area (Å²) in [4.78, 5) is 26.9. The van der Waals surface area contributed by atoms with Crippen LogP contribution in [-0.4, -0.2) is 35.8 Å². The van der Waals surface area contributed by atoms with Crippen LogP contribution in [0.25, 0.3) is 10.1 Å². The SMILES string of the molecule is O=C(NC1CCN(C(=O)c2cc3c(F)cccc3s2)CC1)C1CC1. The van der Waals surface area contributed by atoms with E-state index in [4.69, 9.17) is 0 Å². The fraction of sp³-hybridized carbons (Fsp3) is 0.444. The molecular formula is C18H19FN2O2S. The first kappa shape index (κ1) is 15.6. The zero-order valence-corrected chi connectivity index (χ0v) is 14.1. The topological polar surface area (TPSA) is 49.4 Å². The van der Waals surface area contributed by atoms with Gasteiger partial charge in [0.2, 0.25) is 5.91 Å². The molecule has 1 N–H and O–H groups in total. The van der Waals surface area contributed by atoms with E-state index in [0.29, 0.717) is 23.4 Å². The number of nitrogens with zero attached hydrogens (tertiary/aromatic N) is 1. The lowest BCUT2D eigenvalue weighted by molar-refractivity contribution is -0.123. The van der Waals surface area contributed by atoms with E-state index in [1.807, 2.05) is 11.0 Å². The van der Waals surface area contributed by atoms with E-state index >= 15 is 0 Å². The van der Waals surface area contributed by atoms with Crippen molar-refractivity contribution >= 4 is 33.2 Å². The van der Waals surface area contributed by atoms with E-state index in [9.17, 15) is 14.0 Å². The van der Waals surface area contributed by atoms with E-state index in [1.165, 1.54) is 17.4 Å².